The Morgan fingerprint density at radius 1 is 0.947 bits per heavy atom. The van der Waals surface area contributed by atoms with Crippen molar-refractivity contribution in [3.63, 3.8) is 0 Å². The summed E-state index contributed by atoms with van der Waals surface area (Å²) < 4.78 is 18.4. The number of anilines is 2. The van der Waals surface area contributed by atoms with Crippen LogP contribution in [0.15, 0.2) is 71.6 Å². The average Bonchev–Trinajstić information content (AvgIpc) is 3.13. The highest BCUT2D eigenvalue weighted by Gasteiger charge is 2.36. The van der Waals surface area contributed by atoms with Gasteiger partial charge in [-0.3, -0.25) is 24.1 Å². The third kappa shape index (κ3) is 6.91. The molecule has 194 valence electrons. The maximum Gasteiger partial charge on any atom is 0.294 e. The number of amides is 4. The minimum absolute atomic E-state index is 0.115. The predicted octanol–water partition coefficient (Wildman–Crippen LogP) is 5.83. The summed E-state index contributed by atoms with van der Waals surface area (Å²) in [5.41, 5.74) is 1.28. The second-order valence-corrected chi connectivity index (χ2v) is 9.64. The summed E-state index contributed by atoms with van der Waals surface area (Å²) in [5, 5.41) is 5.05. The van der Waals surface area contributed by atoms with Gasteiger partial charge in [0.2, 0.25) is 5.91 Å². The highest BCUT2D eigenvalue weighted by molar-refractivity contribution is 8.18. The summed E-state index contributed by atoms with van der Waals surface area (Å²) >= 11 is 13.0. The fourth-order valence-corrected chi connectivity index (χ4v) is 4.55. The van der Waals surface area contributed by atoms with Crippen LogP contribution in [-0.4, -0.2) is 41.0 Å². The van der Waals surface area contributed by atoms with E-state index in [2.05, 4.69) is 10.6 Å². The Morgan fingerprint density at radius 3 is 2.39 bits per heavy atom. The van der Waals surface area contributed by atoms with Gasteiger partial charge in [-0.25, -0.2) is 4.39 Å². The van der Waals surface area contributed by atoms with Crippen molar-refractivity contribution in [3.8, 4) is 5.75 Å². The molecule has 1 heterocycles. The molecule has 38 heavy (non-hydrogen) atoms. The van der Waals surface area contributed by atoms with Gasteiger partial charge in [0.1, 0.15) is 18.1 Å². The molecule has 0 spiro atoms. The number of carbonyl (C=O) groups excluding carboxylic acids is 4. The standard InChI is InChI=1S/C26H18Cl2FN3O5S/c27-18-3-1-2-4-20(18)31-23(33)13-32-25(35)22(38-26(32)36)12-15-5-10-21(19(28)11-15)37-14-24(34)30-17-8-6-16(29)7-9-17/h1-12H,13-14H2,(H,30,34)(H,31,33)/b22-12+. The van der Waals surface area contributed by atoms with Crippen molar-refractivity contribution in [2.75, 3.05) is 23.8 Å². The molecule has 0 saturated carbocycles. The Hall–Kier alpha value is -3.86. The van der Waals surface area contributed by atoms with Gasteiger partial charge >= 0.3 is 0 Å². The average molecular weight is 574 g/mol. The number of rotatable bonds is 8. The van der Waals surface area contributed by atoms with E-state index >= 15 is 0 Å². The van der Waals surface area contributed by atoms with Crippen LogP contribution >= 0.6 is 35.0 Å². The van der Waals surface area contributed by atoms with Gasteiger partial charge in [-0.15, -0.1) is 0 Å². The van der Waals surface area contributed by atoms with Gasteiger partial charge in [0, 0.05) is 5.69 Å². The fourth-order valence-electron chi connectivity index (χ4n) is 3.28. The van der Waals surface area contributed by atoms with E-state index < -0.39 is 35.3 Å². The summed E-state index contributed by atoms with van der Waals surface area (Å²) in [6.45, 7) is -0.813. The molecule has 8 nitrogen and oxygen atoms in total. The van der Waals surface area contributed by atoms with E-state index in [0.717, 1.165) is 4.90 Å². The van der Waals surface area contributed by atoms with Crippen molar-refractivity contribution in [1.82, 2.24) is 4.90 Å². The van der Waals surface area contributed by atoms with Gasteiger partial charge in [-0.2, -0.15) is 0 Å². The third-order valence-corrected chi connectivity index (χ3v) is 6.60. The number of ether oxygens (including phenoxy) is 1. The van der Waals surface area contributed by atoms with E-state index in [1.807, 2.05) is 0 Å². The molecule has 4 rings (SSSR count). The molecule has 4 amide bonds. The van der Waals surface area contributed by atoms with E-state index in [1.165, 1.54) is 42.5 Å². The Kier molecular flexibility index (Phi) is 8.67. The van der Waals surface area contributed by atoms with Gasteiger partial charge in [0.25, 0.3) is 17.1 Å². The van der Waals surface area contributed by atoms with Crippen LogP contribution in [0.25, 0.3) is 6.08 Å². The lowest BCUT2D eigenvalue weighted by Gasteiger charge is -2.13. The van der Waals surface area contributed by atoms with Gasteiger partial charge in [0.05, 0.1) is 20.6 Å². The van der Waals surface area contributed by atoms with Crippen LogP contribution < -0.4 is 15.4 Å². The molecule has 0 aliphatic carbocycles. The zero-order valence-electron chi connectivity index (χ0n) is 19.4. The summed E-state index contributed by atoms with van der Waals surface area (Å²) in [7, 11) is 0. The zero-order chi connectivity index (χ0) is 27.2. The van der Waals surface area contributed by atoms with Crippen molar-refractivity contribution in [2.24, 2.45) is 0 Å². The highest BCUT2D eigenvalue weighted by Crippen LogP contribution is 2.34. The largest absolute Gasteiger partial charge is 0.482 e. The van der Waals surface area contributed by atoms with Crippen molar-refractivity contribution in [1.29, 1.82) is 0 Å². The Labute approximate surface area is 230 Å². The molecule has 0 radical (unpaired) electrons. The number of nitrogens with one attached hydrogen (secondary N) is 2. The van der Waals surface area contributed by atoms with Gasteiger partial charge in [-0.1, -0.05) is 41.4 Å². The Morgan fingerprint density at radius 2 is 1.68 bits per heavy atom. The summed E-state index contributed by atoms with van der Waals surface area (Å²) in [6, 6.07) is 16.5. The number of thioether (sulfide) groups is 1. The van der Waals surface area contributed by atoms with E-state index in [9.17, 15) is 23.6 Å². The monoisotopic (exact) mass is 573 g/mol. The SMILES string of the molecule is O=C(COc1ccc(/C=C2/SC(=O)N(CC(=O)Nc3ccccc3Cl)C2=O)cc1Cl)Nc1ccc(F)cc1. The van der Waals surface area contributed by atoms with Crippen LogP contribution in [0.3, 0.4) is 0 Å². The number of hydrogen-bond donors (Lipinski definition) is 2. The van der Waals surface area contributed by atoms with E-state index in [-0.39, 0.29) is 22.3 Å². The molecule has 1 aliphatic heterocycles. The molecular weight excluding hydrogens is 556 g/mol. The number of para-hydroxylation sites is 1. The maximum atomic E-state index is 13.0. The summed E-state index contributed by atoms with van der Waals surface area (Å²) in [6.07, 6.45) is 1.47. The van der Waals surface area contributed by atoms with Crippen molar-refractivity contribution in [3.05, 3.63) is 93.1 Å². The predicted molar refractivity (Wildman–Crippen MR) is 145 cm³/mol. The van der Waals surface area contributed by atoms with E-state index in [1.54, 1.807) is 30.3 Å². The van der Waals surface area contributed by atoms with Crippen LogP contribution in [0.1, 0.15) is 5.56 Å². The normalized spacial score (nSPS) is 14.1. The number of benzene rings is 3. The molecule has 1 aliphatic rings. The van der Waals surface area contributed by atoms with Crippen LogP contribution in [0, 0.1) is 5.82 Å². The number of halogens is 3. The van der Waals surface area contributed by atoms with Crippen molar-refractivity contribution in [2.45, 2.75) is 0 Å². The first kappa shape index (κ1) is 27.2. The minimum Gasteiger partial charge on any atom is -0.482 e. The first-order chi connectivity index (χ1) is 18.2. The Bertz CT molecular complexity index is 1450. The van der Waals surface area contributed by atoms with Gasteiger partial charge in [-0.05, 0) is 71.9 Å². The topological polar surface area (TPSA) is 105 Å². The molecule has 1 fully saturated rings. The Balaban J connectivity index is 1.35. The molecular formula is C26H18Cl2FN3O5S. The second-order valence-electron chi connectivity index (χ2n) is 7.83. The second kappa shape index (κ2) is 12.1. The van der Waals surface area contributed by atoms with Crippen LogP contribution in [0.2, 0.25) is 10.0 Å². The number of imide groups is 1. The van der Waals surface area contributed by atoms with Crippen molar-refractivity contribution >= 4 is 75.4 Å². The first-order valence-electron chi connectivity index (χ1n) is 11.0. The molecule has 0 aromatic heterocycles. The first-order valence-corrected chi connectivity index (χ1v) is 12.5. The minimum atomic E-state index is -0.622. The molecule has 3 aromatic carbocycles. The lowest BCUT2D eigenvalue weighted by molar-refractivity contribution is -0.127. The fraction of sp³-hybridized carbons (Fsp3) is 0.0769. The molecule has 0 unspecified atom stereocenters. The van der Waals surface area contributed by atoms with Gasteiger partial charge in [0.15, 0.2) is 6.61 Å². The van der Waals surface area contributed by atoms with E-state index in [0.29, 0.717) is 33.7 Å². The van der Waals surface area contributed by atoms with Gasteiger partial charge < -0.3 is 15.4 Å². The number of hydrogen-bond acceptors (Lipinski definition) is 6. The van der Waals surface area contributed by atoms with Crippen LogP contribution in [-0.2, 0) is 14.4 Å². The number of carbonyl (C=O) groups is 4. The molecule has 2 N–H and O–H groups in total. The van der Waals surface area contributed by atoms with E-state index in [4.69, 9.17) is 27.9 Å². The molecule has 0 bridgehead atoms. The van der Waals surface area contributed by atoms with Crippen molar-refractivity contribution < 1.29 is 28.3 Å². The molecule has 12 heteroatoms. The maximum absolute atomic E-state index is 13.0. The third-order valence-electron chi connectivity index (χ3n) is 5.06. The van der Waals surface area contributed by atoms with Crippen LogP contribution in [0.5, 0.6) is 5.75 Å². The lowest BCUT2D eigenvalue weighted by Crippen LogP contribution is -2.36. The molecule has 3 aromatic rings. The highest BCUT2D eigenvalue weighted by atomic mass is 35.5. The molecule has 0 atom stereocenters. The summed E-state index contributed by atoms with van der Waals surface area (Å²) in [4.78, 5) is 50.5. The smallest absolute Gasteiger partial charge is 0.294 e. The molecule has 1 saturated heterocycles. The quantitative estimate of drug-likeness (QED) is 0.329. The summed E-state index contributed by atoms with van der Waals surface area (Å²) in [5.74, 6) is -1.86. The van der Waals surface area contributed by atoms with Crippen LogP contribution in [0.4, 0.5) is 20.6 Å². The number of nitrogens with zero attached hydrogens (tertiary/aromatic N) is 1. The lowest BCUT2D eigenvalue weighted by atomic mass is 10.2. The zero-order valence-corrected chi connectivity index (χ0v) is 21.7.